The smallest absolute Gasteiger partial charge is 0.0983 e. The molecule has 0 aliphatic rings. The number of hydrogen-bond donors (Lipinski definition) is 0. The Morgan fingerprint density at radius 3 is 2.92 bits per heavy atom. The maximum Gasteiger partial charge on any atom is 0.0983 e. The second kappa shape index (κ2) is 3.37. The molecule has 0 amide bonds. The molecule has 1 heterocycles. The van der Waals surface area contributed by atoms with Crippen LogP contribution in [0, 0.1) is 11.3 Å². The predicted molar refractivity (Wildman–Crippen MR) is 56.2 cm³/mol. The van der Waals surface area contributed by atoms with E-state index in [1.165, 1.54) is 11.3 Å². The van der Waals surface area contributed by atoms with E-state index >= 15 is 0 Å². The number of halogens is 1. The predicted octanol–water partition coefficient (Wildman–Crippen LogP) is 3.62. The van der Waals surface area contributed by atoms with E-state index in [9.17, 15) is 0 Å². The average molecular weight is 208 g/mol. The minimum absolute atomic E-state index is 0.392. The molecule has 3 heteroatoms. The fraction of sp³-hybridized carbons (Fsp3) is 0.100. The third-order valence-electron chi connectivity index (χ3n) is 1.90. The van der Waals surface area contributed by atoms with E-state index in [0.717, 1.165) is 20.0 Å². The van der Waals surface area contributed by atoms with Gasteiger partial charge in [-0.1, -0.05) is 29.8 Å². The summed E-state index contributed by atoms with van der Waals surface area (Å²) in [5.74, 6) is 0. The van der Waals surface area contributed by atoms with Gasteiger partial charge in [0.15, 0.2) is 0 Å². The van der Waals surface area contributed by atoms with Gasteiger partial charge in [0.05, 0.1) is 16.8 Å². The number of nitriles is 1. The summed E-state index contributed by atoms with van der Waals surface area (Å²) in [4.78, 5) is 0. The summed E-state index contributed by atoms with van der Waals surface area (Å²) in [7, 11) is 0. The highest BCUT2D eigenvalue weighted by molar-refractivity contribution is 7.22. The molecule has 0 saturated heterocycles. The van der Waals surface area contributed by atoms with Crippen molar-refractivity contribution in [2.75, 3.05) is 0 Å². The summed E-state index contributed by atoms with van der Waals surface area (Å²) >= 11 is 7.55. The molecule has 0 aliphatic heterocycles. The molecule has 0 spiro atoms. The van der Waals surface area contributed by atoms with Gasteiger partial charge >= 0.3 is 0 Å². The summed E-state index contributed by atoms with van der Waals surface area (Å²) in [6.45, 7) is 0. The third kappa shape index (κ3) is 1.41. The Morgan fingerprint density at radius 2 is 2.15 bits per heavy atom. The van der Waals surface area contributed by atoms with Crippen molar-refractivity contribution in [2.24, 2.45) is 0 Å². The summed E-state index contributed by atoms with van der Waals surface area (Å²) in [5.41, 5.74) is 0.963. The standard InChI is InChI=1S/C10H6ClNS/c11-10-8(5-6-12)7-3-1-2-4-9(7)13-10/h1-4H,5H2. The molecule has 0 fully saturated rings. The van der Waals surface area contributed by atoms with Gasteiger partial charge in [-0.15, -0.1) is 11.3 Å². The van der Waals surface area contributed by atoms with E-state index in [0.29, 0.717) is 6.42 Å². The molecule has 0 atom stereocenters. The lowest BCUT2D eigenvalue weighted by Crippen LogP contribution is -1.77. The SMILES string of the molecule is N#CCc1c(Cl)sc2ccccc12. The first-order chi connectivity index (χ1) is 6.33. The molecule has 1 nitrogen and oxygen atoms in total. The van der Waals surface area contributed by atoms with Crippen LogP contribution in [0.2, 0.25) is 4.34 Å². The maximum atomic E-state index is 8.62. The number of rotatable bonds is 1. The van der Waals surface area contributed by atoms with Crippen LogP contribution < -0.4 is 0 Å². The van der Waals surface area contributed by atoms with Crippen molar-refractivity contribution in [3.8, 4) is 6.07 Å². The molecule has 0 bridgehead atoms. The maximum absolute atomic E-state index is 8.62. The lowest BCUT2D eigenvalue weighted by atomic mass is 10.1. The van der Waals surface area contributed by atoms with Gasteiger partial charge in [0, 0.05) is 10.3 Å². The topological polar surface area (TPSA) is 23.8 Å². The lowest BCUT2D eigenvalue weighted by molar-refractivity contribution is 1.30. The molecule has 0 saturated carbocycles. The van der Waals surface area contributed by atoms with E-state index in [1.807, 2.05) is 24.3 Å². The molecule has 2 aromatic rings. The summed E-state index contributed by atoms with van der Waals surface area (Å²) in [5, 5.41) is 9.73. The number of nitrogens with zero attached hydrogens (tertiary/aromatic N) is 1. The van der Waals surface area contributed by atoms with E-state index in [-0.39, 0.29) is 0 Å². The van der Waals surface area contributed by atoms with Crippen LogP contribution in [0.15, 0.2) is 24.3 Å². The van der Waals surface area contributed by atoms with Crippen LogP contribution in [0.25, 0.3) is 10.1 Å². The van der Waals surface area contributed by atoms with Crippen LogP contribution in [0.5, 0.6) is 0 Å². The first-order valence-electron chi connectivity index (χ1n) is 3.86. The third-order valence-corrected chi connectivity index (χ3v) is 3.37. The molecule has 0 aliphatic carbocycles. The van der Waals surface area contributed by atoms with Crippen molar-refractivity contribution in [1.82, 2.24) is 0 Å². The minimum Gasteiger partial charge on any atom is -0.198 e. The van der Waals surface area contributed by atoms with Gasteiger partial charge in [-0.05, 0) is 11.5 Å². The zero-order valence-electron chi connectivity index (χ0n) is 6.75. The van der Waals surface area contributed by atoms with Gasteiger partial charge in [-0.2, -0.15) is 5.26 Å². The van der Waals surface area contributed by atoms with Gasteiger partial charge in [0.1, 0.15) is 0 Å². The van der Waals surface area contributed by atoms with E-state index in [4.69, 9.17) is 16.9 Å². The molecule has 0 N–H and O–H groups in total. The lowest BCUT2D eigenvalue weighted by Gasteiger charge is -1.91. The second-order valence-corrected chi connectivity index (χ2v) is 4.34. The van der Waals surface area contributed by atoms with Crippen LogP contribution in [-0.4, -0.2) is 0 Å². The van der Waals surface area contributed by atoms with Crippen molar-refractivity contribution in [3.05, 3.63) is 34.2 Å². The van der Waals surface area contributed by atoms with Crippen LogP contribution in [-0.2, 0) is 6.42 Å². The number of thiophene rings is 1. The molecule has 64 valence electrons. The van der Waals surface area contributed by atoms with Crippen molar-refractivity contribution in [2.45, 2.75) is 6.42 Å². The fourth-order valence-corrected chi connectivity index (χ4v) is 2.68. The van der Waals surface area contributed by atoms with Crippen LogP contribution in [0.3, 0.4) is 0 Å². The zero-order chi connectivity index (χ0) is 9.26. The first-order valence-corrected chi connectivity index (χ1v) is 5.05. The van der Waals surface area contributed by atoms with Crippen molar-refractivity contribution in [1.29, 1.82) is 5.26 Å². The zero-order valence-corrected chi connectivity index (χ0v) is 8.32. The van der Waals surface area contributed by atoms with Crippen LogP contribution in [0.1, 0.15) is 5.56 Å². The molecule has 1 aromatic heterocycles. The van der Waals surface area contributed by atoms with E-state index < -0.39 is 0 Å². The normalized spacial score (nSPS) is 10.2. The number of benzene rings is 1. The molecular weight excluding hydrogens is 202 g/mol. The van der Waals surface area contributed by atoms with E-state index in [1.54, 1.807) is 0 Å². The van der Waals surface area contributed by atoms with Crippen LogP contribution in [0.4, 0.5) is 0 Å². The Hall–Kier alpha value is -1.04. The number of hydrogen-bond acceptors (Lipinski definition) is 2. The van der Waals surface area contributed by atoms with Gasteiger partial charge < -0.3 is 0 Å². The van der Waals surface area contributed by atoms with E-state index in [2.05, 4.69) is 6.07 Å². The fourth-order valence-electron chi connectivity index (χ4n) is 1.31. The van der Waals surface area contributed by atoms with Gasteiger partial charge in [0.25, 0.3) is 0 Å². The Balaban J connectivity index is 2.73. The highest BCUT2D eigenvalue weighted by Crippen LogP contribution is 2.34. The monoisotopic (exact) mass is 207 g/mol. The minimum atomic E-state index is 0.392. The highest BCUT2D eigenvalue weighted by atomic mass is 35.5. The quantitative estimate of drug-likeness (QED) is 0.701. The summed E-state index contributed by atoms with van der Waals surface area (Å²) in [6.07, 6.45) is 0.392. The second-order valence-electron chi connectivity index (χ2n) is 2.69. The highest BCUT2D eigenvalue weighted by Gasteiger charge is 2.08. The Bertz CT molecular complexity index is 481. The Morgan fingerprint density at radius 1 is 1.38 bits per heavy atom. The number of fused-ring (bicyclic) bond motifs is 1. The summed E-state index contributed by atoms with van der Waals surface area (Å²) in [6, 6.07) is 10.1. The summed E-state index contributed by atoms with van der Waals surface area (Å²) < 4.78 is 1.89. The molecule has 0 radical (unpaired) electrons. The van der Waals surface area contributed by atoms with Gasteiger partial charge in [-0.25, -0.2) is 0 Å². The molecule has 1 aromatic carbocycles. The van der Waals surface area contributed by atoms with Gasteiger partial charge in [0.2, 0.25) is 0 Å². The first kappa shape index (κ1) is 8.55. The molecular formula is C10H6ClNS. The molecule has 0 unspecified atom stereocenters. The average Bonchev–Trinajstić information content (AvgIpc) is 2.44. The molecule has 13 heavy (non-hydrogen) atoms. The van der Waals surface area contributed by atoms with Crippen molar-refractivity contribution < 1.29 is 0 Å². The van der Waals surface area contributed by atoms with Crippen molar-refractivity contribution >= 4 is 33.0 Å². The van der Waals surface area contributed by atoms with Crippen LogP contribution >= 0.6 is 22.9 Å². The Labute approximate surface area is 85.2 Å². The largest absolute Gasteiger partial charge is 0.198 e. The Kier molecular flexibility index (Phi) is 2.22. The van der Waals surface area contributed by atoms with Crippen molar-refractivity contribution in [3.63, 3.8) is 0 Å². The molecule has 2 rings (SSSR count). The van der Waals surface area contributed by atoms with Gasteiger partial charge in [-0.3, -0.25) is 0 Å².